The summed E-state index contributed by atoms with van der Waals surface area (Å²) in [5.41, 5.74) is 3.87. The molecule has 7 heteroatoms. The number of rotatable bonds is 5. The average molecular weight is 472 g/mol. The summed E-state index contributed by atoms with van der Waals surface area (Å²) in [6.45, 7) is 4.99. The molecule has 5 rings (SSSR count). The molecule has 1 aromatic heterocycles. The number of amides is 2. The molecular formula is C27H22FN3O2S. The van der Waals surface area contributed by atoms with Crippen LogP contribution in [0.2, 0.25) is 0 Å². The fourth-order valence-corrected chi connectivity index (χ4v) is 4.98. The maximum Gasteiger partial charge on any atom is 0.266 e. The summed E-state index contributed by atoms with van der Waals surface area (Å²) in [5.74, 6) is -0.568. The zero-order chi connectivity index (χ0) is 23.8. The van der Waals surface area contributed by atoms with Crippen LogP contribution >= 0.6 is 11.3 Å². The predicted octanol–water partition coefficient (Wildman–Crippen LogP) is 6.04. The van der Waals surface area contributed by atoms with E-state index in [9.17, 15) is 14.0 Å². The van der Waals surface area contributed by atoms with Crippen molar-refractivity contribution in [2.24, 2.45) is 10.9 Å². The molecule has 0 bridgehead atoms. The van der Waals surface area contributed by atoms with Crippen LogP contribution in [-0.4, -0.2) is 16.4 Å². The van der Waals surface area contributed by atoms with Gasteiger partial charge in [-0.25, -0.2) is 14.3 Å². The molecule has 0 N–H and O–H groups in total. The Kier molecular flexibility index (Phi) is 5.71. The number of hydrogen-bond donors (Lipinski definition) is 0. The van der Waals surface area contributed by atoms with Crippen LogP contribution in [0.25, 0.3) is 11.3 Å². The van der Waals surface area contributed by atoms with E-state index in [1.165, 1.54) is 28.4 Å². The summed E-state index contributed by atoms with van der Waals surface area (Å²) >= 11 is 1.50. The van der Waals surface area contributed by atoms with Crippen molar-refractivity contribution in [2.75, 3.05) is 4.90 Å². The van der Waals surface area contributed by atoms with Crippen molar-refractivity contribution in [3.8, 4) is 11.3 Å². The Morgan fingerprint density at radius 3 is 2.24 bits per heavy atom. The molecule has 1 aliphatic rings. The fourth-order valence-electron chi connectivity index (χ4n) is 4.05. The summed E-state index contributed by atoms with van der Waals surface area (Å²) in [4.78, 5) is 32.7. The molecule has 170 valence electrons. The normalized spacial score (nSPS) is 13.8. The molecule has 1 aliphatic heterocycles. The monoisotopic (exact) mass is 471 g/mol. The van der Waals surface area contributed by atoms with Crippen LogP contribution in [0.1, 0.15) is 34.6 Å². The first kappa shape index (κ1) is 22.0. The molecule has 3 aromatic carbocycles. The smallest absolute Gasteiger partial charge is 0.266 e. The topological polar surface area (TPSA) is 54.7 Å². The van der Waals surface area contributed by atoms with Gasteiger partial charge in [-0.2, -0.15) is 0 Å². The summed E-state index contributed by atoms with van der Waals surface area (Å²) in [7, 11) is 0. The van der Waals surface area contributed by atoms with Crippen molar-refractivity contribution in [1.82, 2.24) is 4.57 Å². The Morgan fingerprint density at radius 2 is 1.59 bits per heavy atom. The van der Waals surface area contributed by atoms with E-state index in [-0.39, 0.29) is 17.6 Å². The number of thiazole rings is 1. The maximum atomic E-state index is 13.3. The van der Waals surface area contributed by atoms with Gasteiger partial charge in [0.25, 0.3) is 11.8 Å². The Balaban J connectivity index is 1.57. The lowest BCUT2D eigenvalue weighted by molar-refractivity contribution is 0.0926. The number of nitrogens with zero attached hydrogens (tertiary/aromatic N) is 3. The molecule has 0 atom stereocenters. The van der Waals surface area contributed by atoms with E-state index in [4.69, 9.17) is 4.99 Å². The number of hydrogen-bond acceptors (Lipinski definition) is 4. The Hall–Kier alpha value is -3.84. The Morgan fingerprint density at radius 1 is 0.912 bits per heavy atom. The maximum absolute atomic E-state index is 13.3. The molecule has 4 aromatic rings. The van der Waals surface area contributed by atoms with Gasteiger partial charge in [0.1, 0.15) is 5.82 Å². The van der Waals surface area contributed by atoms with Crippen molar-refractivity contribution in [1.29, 1.82) is 0 Å². The molecule has 0 aliphatic carbocycles. The molecule has 0 unspecified atom stereocenters. The SMILES string of the molecule is CC(C)Cn1c(-c2cccc(N3C(=O)c4ccccc4C3=O)c2)csc1=Nc1ccc(F)cc1. The standard InChI is InChI=1S/C27H22FN3O2S/c1-17(2)15-30-24(16-34-27(30)29-20-12-10-19(28)11-13-20)18-6-5-7-21(14-18)31-25(32)22-8-3-4-9-23(22)26(31)33/h3-14,16-17H,15H2,1-2H3. The van der Waals surface area contributed by atoms with E-state index in [2.05, 4.69) is 18.4 Å². The lowest BCUT2D eigenvalue weighted by Crippen LogP contribution is -2.29. The number of fused-ring (bicyclic) bond motifs is 1. The van der Waals surface area contributed by atoms with Crippen LogP contribution in [0.3, 0.4) is 0 Å². The molecule has 0 radical (unpaired) electrons. The van der Waals surface area contributed by atoms with Gasteiger partial charge in [-0.1, -0.05) is 38.1 Å². The van der Waals surface area contributed by atoms with Crippen molar-refractivity contribution in [3.05, 3.63) is 99.9 Å². The Bertz CT molecular complexity index is 1430. The first-order valence-corrected chi connectivity index (χ1v) is 11.9. The lowest BCUT2D eigenvalue weighted by atomic mass is 10.1. The number of imide groups is 1. The lowest BCUT2D eigenvalue weighted by Gasteiger charge is -2.16. The van der Waals surface area contributed by atoms with Gasteiger partial charge in [-0.05, 0) is 54.4 Å². The third-order valence-corrected chi connectivity index (χ3v) is 6.45. The van der Waals surface area contributed by atoms with Gasteiger partial charge in [0.2, 0.25) is 0 Å². The largest absolute Gasteiger partial charge is 0.316 e. The zero-order valence-corrected chi connectivity index (χ0v) is 19.6. The van der Waals surface area contributed by atoms with Crippen LogP contribution in [0.5, 0.6) is 0 Å². The number of halogens is 1. The highest BCUT2D eigenvalue weighted by Gasteiger charge is 2.36. The van der Waals surface area contributed by atoms with E-state index >= 15 is 0 Å². The van der Waals surface area contributed by atoms with E-state index in [1.54, 1.807) is 42.5 Å². The minimum Gasteiger partial charge on any atom is -0.316 e. The average Bonchev–Trinajstić information content (AvgIpc) is 3.33. The second-order valence-electron chi connectivity index (χ2n) is 8.54. The second-order valence-corrected chi connectivity index (χ2v) is 9.37. The van der Waals surface area contributed by atoms with Gasteiger partial charge in [-0.3, -0.25) is 9.59 Å². The molecule has 0 fully saturated rings. The quantitative estimate of drug-likeness (QED) is 0.333. The van der Waals surface area contributed by atoms with Gasteiger partial charge >= 0.3 is 0 Å². The van der Waals surface area contributed by atoms with Crippen LogP contribution in [0, 0.1) is 11.7 Å². The second kappa shape index (κ2) is 8.83. The van der Waals surface area contributed by atoms with Crippen molar-refractivity contribution in [3.63, 3.8) is 0 Å². The van der Waals surface area contributed by atoms with Crippen molar-refractivity contribution >= 4 is 34.5 Å². The van der Waals surface area contributed by atoms with E-state index in [0.717, 1.165) is 22.6 Å². The number of aromatic nitrogens is 1. The molecule has 0 saturated carbocycles. The van der Waals surface area contributed by atoms with Gasteiger partial charge in [0.15, 0.2) is 4.80 Å². The van der Waals surface area contributed by atoms with Gasteiger partial charge in [0.05, 0.1) is 28.2 Å². The summed E-state index contributed by atoms with van der Waals surface area (Å²) in [6.07, 6.45) is 0. The van der Waals surface area contributed by atoms with Gasteiger partial charge in [0, 0.05) is 17.5 Å². The molecule has 2 heterocycles. The summed E-state index contributed by atoms with van der Waals surface area (Å²) in [5, 5.41) is 2.02. The van der Waals surface area contributed by atoms with Crippen molar-refractivity contribution in [2.45, 2.75) is 20.4 Å². The van der Waals surface area contributed by atoms with Crippen LogP contribution in [0.4, 0.5) is 15.8 Å². The van der Waals surface area contributed by atoms with E-state index in [1.807, 2.05) is 23.6 Å². The number of carbonyl (C=O) groups excluding carboxylic acids is 2. The molecule has 0 spiro atoms. The zero-order valence-electron chi connectivity index (χ0n) is 18.7. The van der Waals surface area contributed by atoms with Crippen LogP contribution in [0.15, 0.2) is 83.2 Å². The highest BCUT2D eigenvalue weighted by atomic mass is 32.1. The number of carbonyl (C=O) groups is 2. The van der Waals surface area contributed by atoms with E-state index < -0.39 is 0 Å². The first-order chi connectivity index (χ1) is 16.4. The molecule has 34 heavy (non-hydrogen) atoms. The van der Waals surface area contributed by atoms with E-state index in [0.29, 0.717) is 28.4 Å². The highest BCUT2D eigenvalue weighted by molar-refractivity contribution is 7.07. The first-order valence-electron chi connectivity index (χ1n) is 11.0. The summed E-state index contributed by atoms with van der Waals surface area (Å²) in [6, 6.07) is 20.4. The fraction of sp³-hybridized carbons (Fsp3) is 0.148. The highest BCUT2D eigenvalue weighted by Crippen LogP contribution is 2.31. The van der Waals surface area contributed by atoms with Crippen LogP contribution in [-0.2, 0) is 6.54 Å². The minimum atomic E-state index is -0.315. The number of benzene rings is 3. The van der Waals surface area contributed by atoms with Gasteiger partial charge in [-0.15, -0.1) is 11.3 Å². The molecular weight excluding hydrogens is 449 g/mol. The minimum absolute atomic E-state index is 0.300. The molecule has 2 amide bonds. The number of anilines is 1. The third-order valence-electron chi connectivity index (χ3n) is 5.59. The predicted molar refractivity (Wildman–Crippen MR) is 132 cm³/mol. The summed E-state index contributed by atoms with van der Waals surface area (Å²) < 4.78 is 15.4. The Labute approximate surface area is 200 Å². The van der Waals surface area contributed by atoms with Gasteiger partial charge < -0.3 is 4.57 Å². The van der Waals surface area contributed by atoms with Crippen molar-refractivity contribution < 1.29 is 14.0 Å². The van der Waals surface area contributed by atoms with Crippen LogP contribution < -0.4 is 9.70 Å². The molecule has 0 saturated heterocycles. The molecule has 5 nitrogen and oxygen atoms in total. The third kappa shape index (κ3) is 3.99.